The summed E-state index contributed by atoms with van der Waals surface area (Å²) in [6, 6.07) is 8.33. The number of hydrogen-bond donors (Lipinski definition) is 1. The molecule has 2 N–H and O–H groups in total. The zero-order chi connectivity index (χ0) is 10.7. The Morgan fingerprint density at radius 3 is 3.07 bits per heavy atom. The van der Waals surface area contributed by atoms with Crippen molar-refractivity contribution in [2.75, 3.05) is 13.2 Å². The van der Waals surface area contributed by atoms with Gasteiger partial charge in [0.25, 0.3) is 0 Å². The lowest BCUT2D eigenvalue weighted by molar-refractivity contribution is 0.173. The summed E-state index contributed by atoms with van der Waals surface area (Å²) in [6.45, 7) is 3.90. The first-order valence-electron chi connectivity index (χ1n) is 5.72. The average Bonchev–Trinajstić information content (AvgIpc) is 2.29. The maximum absolute atomic E-state index is 5.76. The Labute approximate surface area is 91.4 Å². The molecule has 0 aromatic heterocycles. The molecule has 0 saturated heterocycles. The van der Waals surface area contributed by atoms with Crippen molar-refractivity contribution in [3.8, 4) is 5.75 Å². The van der Waals surface area contributed by atoms with Crippen LogP contribution in [0.15, 0.2) is 24.3 Å². The Morgan fingerprint density at radius 1 is 1.47 bits per heavy atom. The van der Waals surface area contributed by atoms with Crippen molar-refractivity contribution in [1.82, 2.24) is 0 Å². The average molecular weight is 205 g/mol. The van der Waals surface area contributed by atoms with Crippen LogP contribution in [0.2, 0.25) is 0 Å². The summed E-state index contributed by atoms with van der Waals surface area (Å²) >= 11 is 0. The van der Waals surface area contributed by atoms with Gasteiger partial charge in [-0.3, -0.25) is 0 Å². The van der Waals surface area contributed by atoms with E-state index in [2.05, 4.69) is 25.1 Å². The number of fused-ring (bicyclic) bond motifs is 1. The van der Waals surface area contributed by atoms with E-state index in [1.54, 1.807) is 0 Å². The minimum Gasteiger partial charge on any atom is -0.493 e. The van der Waals surface area contributed by atoms with Crippen LogP contribution < -0.4 is 10.5 Å². The zero-order valence-electron chi connectivity index (χ0n) is 9.28. The Kier molecular flexibility index (Phi) is 3.27. The molecule has 2 atom stereocenters. The quantitative estimate of drug-likeness (QED) is 0.821. The van der Waals surface area contributed by atoms with E-state index < -0.39 is 0 Å². The summed E-state index contributed by atoms with van der Waals surface area (Å²) in [5.41, 5.74) is 6.93. The van der Waals surface area contributed by atoms with Gasteiger partial charge in [-0.1, -0.05) is 25.1 Å². The van der Waals surface area contributed by atoms with Crippen LogP contribution in [-0.2, 0) is 6.42 Å². The monoisotopic (exact) mass is 205 g/mol. The molecule has 0 radical (unpaired) electrons. The summed E-state index contributed by atoms with van der Waals surface area (Å²) in [5.74, 6) is 2.35. The van der Waals surface area contributed by atoms with Crippen molar-refractivity contribution in [2.24, 2.45) is 17.6 Å². The highest BCUT2D eigenvalue weighted by atomic mass is 16.5. The highest BCUT2D eigenvalue weighted by Crippen LogP contribution is 2.31. The van der Waals surface area contributed by atoms with Gasteiger partial charge in [0, 0.05) is 0 Å². The van der Waals surface area contributed by atoms with Gasteiger partial charge in [-0.05, 0) is 42.9 Å². The lowest BCUT2D eigenvalue weighted by Gasteiger charge is -2.29. The molecule has 82 valence electrons. The van der Waals surface area contributed by atoms with Crippen LogP contribution in [0.25, 0.3) is 0 Å². The topological polar surface area (TPSA) is 35.2 Å². The van der Waals surface area contributed by atoms with E-state index in [1.165, 1.54) is 5.56 Å². The Bertz CT molecular complexity index is 324. The molecule has 2 heteroatoms. The van der Waals surface area contributed by atoms with Crippen LogP contribution in [0, 0.1) is 11.8 Å². The first-order chi connectivity index (χ1) is 7.31. The SMILES string of the molecule is CC(CCN)C1COc2ccccc2C1. The van der Waals surface area contributed by atoms with Gasteiger partial charge < -0.3 is 10.5 Å². The number of ether oxygens (including phenoxy) is 1. The molecule has 1 aromatic carbocycles. The van der Waals surface area contributed by atoms with E-state index in [-0.39, 0.29) is 0 Å². The molecule has 0 amide bonds. The number of benzene rings is 1. The lowest BCUT2D eigenvalue weighted by Crippen LogP contribution is -2.27. The van der Waals surface area contributed by atoms with Gasteiger partial charge in [-0.15, -0.1) is 0 Å². The largest absolute Gasteiger partial charge is 0.493 e. The molecule has 2 unspecified atom stereocenters. The summed E-state index contributed by atoms with van der Waals surface area (Å²) in [6.07, 6.45) is 2.23. The summed E-state index contributed by atoms with van der Waals surface area (Å²) in [7, 11) is 0. The first kappa shape index (κ1) is 10.5. The van der Waals surface area contributed by atoms with Gasteiger partial charge in [-0.25, -0.2) is 0 Å². The molecule has 1 heterocycles. The van der Waals surface area contributed by atoms with Gasteiger partial charge in [0.2, 0.25) is 0 Å². The van der Waals surface area contributed by atoms with Crippen LogP contribution >= 0.6 is 0 Å². The fraction of sp³-hybridized carbons (Fsp3) is 0.538. The van der Waals surface area contributed by atoms with Gasteiger partial charge in [0.1, 0.15) is 5.75 Å². The molecule has 0 aliphatic carbocycles. The Hall–Kier alpha value is -1.02. The van der Waals surface area contributed by atoms with E-state index in [0.717, 1.165) is 31.7 Å². The second-order valence-electron chi connectivity index (χ2n) is 4.44. The van der Waals surface area contributed by atoms with E-state index in [1.807, 2.05) is 6.07 Å². The highest BCUT2D eigenvalue weighted by Gasteiger charge is 2.23. The van der Waals surface area contributed by atoms with E-state index >= 15 is 0 Å². The van der Waals surface area contributed by atoms with Crippen molar-refractivity contribution in [1.29, 1.82) is 0 Å². The second-order valence-corrected chi connectivity index (χ2v) is 4.44. The zero-order valence-corrected chi connectivity index (χ0v) is 9.28. The third-order valence-electron chi connectivity index (χ3n) is 3.33. The maximum atomic E-state index is 5.76. The standard InChI is InChI=1S/C13H19NO/c1-10(6-7-14)12-8-11-4-2-3-5-13(11)15-9-12/h2-5,10,12H,6-9,14H2,1H3. The molecular formula is C13H19NO. The molecule has 1 aliphatic rings. The Morgan fingerprint density at radius 2 is 2.27 bits per heavy atom. The first-order valence-corrected chi connectivity index (χ1v) is 5.72. The van der Waals surface area contributed by atoms with Gasteiger partial charge in [-0.2, -0.15) is 0 Å². The molecule has 1 aromatic rings. The van der Waals surface area contributed by atoms with Crippen LogP contribution in [0.4, 0.5) is 0 Å². The summed E-state index contributed by atoms with van der Waals surface area (Å²) < 4.78 is 5.76. The minimum atomic E-state index is 0.628. The van der Waals surface area contributed by atoms with E-state index in [0.29, 0.717) is 11.8 Å². The van der Waals surface area contributed by atoms with Crippen molar-refractivity contribution in [3.63, 3.8) is 0 Å². The summed E-state index contributed by atoms with van der Waals surface area (Å²) in [4.78, 5) is 0. The predicted molar refractivity (Wildman–Crippen MR) is 62.0 cm³/mol. The maximum Gasteiger partial charge on any atom is 0.122 e. The molecule has 2 nitrogen and oxygen atoms in total. The fourth-order valence-electron chi connectivity index (χ4n) is 2.22. The number of nitrogens with two attached hydrogens (primary N) is 1. The third kappa shape index (κ3) is 2.32. The van der Waals surface area contributed by atoms with Gasteiger partial charge in [0.15, 0.2) is 0 Å². The molecule has 15 heavy (non-hydrogen) atoms. The molecular weight excluding hydrogens is 186 g/mol. The molecule has 1 aliphatic heterocycles. The smallest absolute Gasteiger partial charge is 0.122 e. The number of hydrogen-bond acceptors (Lipinski definition) is 2. The van der Waals surface area contributed by atoms with Crippen LogP contribution in [-0.4, -0.2) is 13.2 Å². The van der Waals surface area contributed by atoms with Crippen LogP contribution in [0.3, 0.4) is 0 Å². The number of para-hydroxylation sites is 1. The predicted octanol–water partition coefficient (Wildman–Crippen LogP) is 2.22. The lowest BCUT2D eigenvalue weighted by atomic mass is 9.85. The highest BCUT2D eigenvalue weighted by molar-refractivity contribution is 5.35. The molecule has 0 spiro atoms. The normalized spacial score (nSPS) is 21.6. The van der Waals surface area contributed by atoms with Crippen LogP contribution in [0.1, 0.15) is 18.9 Å². The minimum absolute atomic E-state index is 0.628. The molecule has 0 bridgehead atoms. The van der Waals surface area contributed by atoms with Gasteiger partial charge in [0.05, 0.1) is 6.61 Å². The summed E-state index contributed by atoms with van der Waals surface area (Å²) in [5, 5.41) is 0. The molecule has 2 rings (SSSR count). The van der Waals surface area contributed by atoms with Crippen molar-refractivity contribution in [2.45, 2.75) is 19.8 Å². The second kappa shape index (κ2) is 4.67. The third-order valence-corrected chi connectivity index (χ3v) is 3.33. The number of rotatable bonds is 3. The Balaban J connectivity index is 2.05. The van der Waals surface area contributed by atoms with Crippen LogP contribution in [0.5, 0.6) is 5.75 Å². The van der Waals surface area contributed by atoms with Crippen molar-refractivity contribution in [3.05, 3.63) is 29.8 Å². The van der Waals surface area contributed by atoms with Gasteiger partial charge >= 0.3 is 0 Å². The fourth-order valence-corrected chi connectivity index (χ4v) is 2.22. The van der Waals surface area contributed by atoms with Crippen molar-refractivity contribution < 1.29 is 4.74 Å². The van der Waals surface area contributed by atoms with Crippen molar-refractivity contribution >= 4 is 0 Å². The molecule has 0 fully saturated rings. The van der Waals surface area contributed by atoms with E-state index in [4.69, 9.17) is 10.5 Å². The molecule has 0 saturated carbocycles. The van der Waals surface area contributed by atoms with E-state index in [9.17, 15) is 0 Å².